The van der Waals surface area contributed by atoms with Crippen LogP contribution >= 0.6 is 0 Å². The number of ether oxygens (including phenoxy) is 3. The van der Waals surface area contributed by atoms with Gasteiger partial charge in [0.05, 0.1) is 13.7 Å². The van der Waals surface area contributed by atoms with Crippen LogP contribution in [0.25, 0.3) is 0 Å². The minimum Gasteiger partial charge on any atom is -0.497 e. The average Bonchev–Trinajstić information content (AvgIpc) is 2.29. The summed E-state index contributed by atoms with van der Waals surface area (Å²) in [5.41, 5.74) is 0.852. The summed E-state index contributed by atoms with van der Waals surface area (Å²) in [5, 5.41) is 0. The molecule has 0 amide bonds. The third-order valence-corrected chi connectivity index (χ3v) is 2.13. The number of aryl methyl sites for hydroxylation is 1. The zero-order valence-electron chi connectivity index (χ0n) is 10.2. The Balaban J connectivity index is 2.31. The molecular formula is C12H15F3O3. The van der Waals surface area contributed by atoms with Gasteiger partial charge in [-0.1, -0.05) is 0 Å². The molecule has 0 aromatic heterocycles. The van der Waals surface area contributed by atoms with Crippen LogP contribution in [-0.2, 0) is 4.74 Å². The molecule has 102 valence electrons. The second-order valence-electron chi connectivity index (χ2n) is 3.65. The highest BCUT2D eigenvalue weighted by atomic mass is 19.4. The monoisotopic (exact) mass is 264 g/mol. The molecule has 0 bridgehead atoms. The first-order chi connectivity index (χ1) is 8.42. The summed E-state index contributed by atoms with van der Waals surface area (Å²) < 4.78 is 50.1. The lowest BCUT2D eigenvalue weighted by atomic mass is 10.2. The van der Waals surface area contributed by atoms with Crippen molar-refractivity contribution in [2.24, 2.45) is 0 Å². The molecule has 0 aliphatic heterocycles. The van der Waals surface area contributed by atoms with E-state index in [-0.39, 0.29) is 13.2 Å². The first-order valence-electron chi connectivity index (χ1n) is 5.34. The van der Waals surface area contributed by atoms with Crippen LogP contribution in [0.15, 0.2) is 18.2 Å². The summed E-state index contributed by atoms with van der Waals surface area (Å²) in [7, 11) is 1.56. The van der Waals surface area contributed by atoms with Crippen LogP contribution in [0.1, 0.15) is 5.56 Å². The molecule has 0 aliphatic rings. The molecule has 0 saturated carbocycles. The molecule has 6 heteroatoms. The lowest BCUT2D eigenvalue weighted by Crippen LogP contribution is -2.19. The number of alkyl halides is 3. The molecule has 0 radical (unpaired) electrons. The molecule has 0 saturated heterocycles. The third kappa shape index (κ3) is 5.27. The quantitative estimate of drug-likeness (QED) is 0.739. The molecular weight excluding hydrogens is 249 g/mol. The summed E-state index contributed by atoms with van der Waals surface area (Å²) in [6.07, 6.45) is -4.30. The van der Waals surface area contributed by atoms with Gasteiger partial charge in [-0.3, -0.25) is 0 Å². The van der Waals surface area contributed by atoms with Crippen LogP contribution in [0.2, 0.25) is 0 Å². The van der Waals surface area contributed by atoms with Crippen LogP contribution in [0.3, 0.4) is 0 Å². The van der Waals surface area contributed by atoms with E-state index in [4.69, 9.17) is 9.47 Å². The van der Waals surface area contributed by atoms with Gasteiger partial charge in [-0.05, 0) is 30.7 Å². The number of rotatable bonds is 6. The number of benzene rings is 1. The summed E-state index contributed by atoms with van der Waals surface area (Å²) >= 11 is 0. The Kier molecular flexibility index (Phi) is 5.27. The molecule has 1 aromatic rings. The topological polar surface area (TPSA) is 27.7 Å². The van der Waals surface area contributed by atoms with E-state index in [1.165, 1.54) is 0 Å². The van der Waals surface area contributed by atoms with E-state index in [1.807, 2.05) is 6.92 Å². The smallest absolute Gasteiger partial charge is 0.411 e. The standard InChI is InChI=1S/C12H15F3O3/c1-9-7-10(16-2)3-4-11(9)18-6-5-17-8-12(13,14)15/h3-4,7H,5-6,8H2,1-2H3. The highest BCUT2D eigenvalue weighted by molar-refractivity contribution is 5.39. The normalized spacial score (nSPS) is 11.4. The SMILES string of the molecule is COc1ccc(OCCOCC(F)(F)F)c(C)c1. The molecule has 1 aromatic carbocycles. The van der Waals surface area contributed by atoms with Gasteiger partial charge < -0.3 is 14.2 Å². The van der Waals surface area contributed by atoms with E-state index in [9.17, 15) is 13.2 Å². The summed E-state index contributed by atoms with van der Waals surface area (Å²) in [6.45, 7) is 0.542. The van der Waals surface area contributed by atoms with Gasteiger partial charge in [0.1, 0.15) is 24.7 Å². The largest absolute Gasteiger partial charge is 0.497 e. The highest BCUT2D eigenvalue weighted by Gasteiger charge is 2.27. The van der Waals surface area contributed by atoms with Crippen molar-refractivity contribution < 1.29 is 27.4 Å². The maximum absolute atomic E-state index is 11.8. The Morgan fingerprint density at radius 3 is 2.44 bits per heavy atom. The van der Waals surface area contributed by atoms with E-state index in [0.717, 1.165) is 5.56 Å². The first kappa shape index (κ1) is 14.6. The Morgan fingerprint density at radius 1 is 1.17 bits per heavy atom. The highest BCUT2D eigenvalue weighted by Crippen LogP contribution is 2.23. The van der Waals surface area contributed by atoms with E-state index < -0.39 is 12.8 Å². The van der Waals surface area contributed by atoms with E-state index >= 15 is 0 Å². The number of hydrogen-bond donors (Lipinski definition) is 0. The van der Waals surface area contributed by atoms with E-state index in [0.29, 0.717) is 11.5 Å². The van der Waals surface area contributed by atoms with Crippen LogP contribution in [-0.4, -0.2) is 33.1 Å². The van der Waals surface area contributed by atoms with Crippen LogP contribution < -0.4 is 9.47 Å². The maximum atomic E-state index is 11.8. The molecule has 0 spiro atoms. The molecule has 0 unspecified atom stereocenters. The molecule has 0 heterocycles. The van der Waals surface area contributed by atoms with Gasteiger partial charge in [0.2, 0.25) is 0 Å². The number of hydrogen-bond acceptors (Lipinski definition) is 3. The van der Waals surface area contributed by atoms with Gasteiger partial charge in [0.25, 0.3) is 0 Å². The Morgan fingerprint density at radius 2 is 1.89 bits per heavy atom. The lowest BCUT2D eigenvalue weighted by Gasteiger charge is -2.11. The second-order valence-corrected chi connectivity index (χ2v) is 3.65. The predicted octanol–water partition coefficient (Wildman–Crippen LogP) is 2.96. The zero-order chi connectivity index (χ0) is 13.6. The molecule has 0 N–H and O–H groups in total. The minimum atomic E-state index is -4.30. The van der Waals surface area contributed by atoms with Crippen molar-refractivity contribution in [1.82, 2.24) is 0 Å². The number of halogens is 3. The van der Waals surface area contributed by atoms with Crippen molar-refractivity contribution >= 4 is 0 Å². The maximum Gasteiger partial charge on any atom is 0.411 e. The lowest BCUT2D eigenvalue weighted by molar-refractivity contribution is -0.175. The van der Waals surface area contributed by atoms with Crippen molar-refractivity contribution in [3.63, 3.8) is 0 Å². The summed E-state index contributed by atoms with van der Waals surface area (Å²) in [5.74, 6) is 1.31. The molecule has 0 atom stereocenters. The van der Waals surface area contributed by atoms with Crippen molar-refractivity contribution in [2.45, 2.75) is 13.1 Å². The second kappa shape index (κ2) is 6.49. The summed E-state index contributed by atoms with van der Waals surface area (Å²) in [4.78, 5) is 0. The van der Waals surface area contributed by atoms with Crippen LogP contribution in [0.4, 0.5) is 13.2 Å². The fraction of sp³-hybridized carbons (Fsp3) is 0.500. The fourth-order valence-electron chi connectivity index (χ4n) is 1.31. The number of methoxy groups -OCH3 is 1. The van der Waals surface area contributed by atoms with Gasteiger partial charge >= 0.3 is 6.18 Å². The van der Waals surface area contributed by atoms with E-state index in [1.54, 1.807) is 25.3 Å². The van der Waals surface area contributed by atoms with E-state index in [2.05, 4.69) is 4.74 Å². The van der Waals surface area contributed by atoms with Gasteiger partial charge in [0, 0.05) is 0 Å². The average molecular weight is 264 g/mol. The Bertz CT molecular complexity index is 377. The van der Waals surface area contributed by atoms with Gasteiger partial charge in [-0.15, -0.1) is 0 Å². The molecule has 18 heavy (non-hydrogen) atoms. The molecule has 0 aliphatic carbocycles. The zero-order valence-corrected chi connectivity index (χ0v) is 10.2. The first-order valence-corrected chi connectivity index (χ1v) is 5.34. The minimum absolute atomic E-state index is 0.0727. The molecule has 1 rings (SSSR count). The molecule has 3 nitrogen and oxygen atoms in total. The van der Waals surface area contributed by atoms with Crippen LogP contribution in [0.5, 0.6) is 11.5 Å². The van der Waals surface area contributed by atoms with Crippen LogP contribution in [0, 0.1) is 6.92 Å². The van der Waals surface area contributed by atoms with Crippen molar-refractivity contribution in [3.8, 4) is 11.5 Å². The Labute approximate surface area is 103 Å². The van der Waals surface area contributed by atoms with Crippen molar-refractivity contribution in [1.29, 1.82) is 0 Å². The van der Waals surface area contributed by atoms with Gasteiger partial charge in [-0.25, -0.2) is 0 Å². The third-order valence-electron chi connectivity index (χ3n) is 2.13. The predicted molar refractivity (Wildman–Crippen MR) is 60.1 cm³/mol. The van der Waals surface area contributed by atoms with Gasteiger partial charge in [-0.2, -0.15) is 13.2 Å². The fourth-order valence-corrected chi connectivity index (χ4v) is 1.31. The Hall–Kier alpha value is -1.43. The summed E-state index contributed by atoms with van der Waals surface area (Å²) in [6, 6.07) is 5.21. The van der Waals surface area contributed by atoms with Crippen molar-refractivity contribution in [3.05, 3.63) is 23.8 Å². The molecule has 0 fully saturated rings. The van der Waals surface area contributed by atoms with Gasteiger partial charge in [0.15, 0.2) is 0 Å². The van der Waals surface area contributed by atoms with Crippen molar-refractivity contribution in [2.75, 3.05) is 26.9 Å².